The largest absolute Gasteiger partial charge is 0.465 e. The summed E-state index contributed by atoms with van der Waals surface area (Å²) >= 11 is 6.51. The number of carbonyl (C=O) groups excluding carboxylic acids is 2. The summed E-state index contributed by atoms with van der Waals surface area (Å²) in [7, 11) is 4.56. The maximum atomic E-state index is 13.1. The van der Waals surface area contributed by atoms with E-state index in [4.69, 9.17) is 17.0 Å². The van der Waals surface area contributed by atoms with Crippen molar-refractivity contribution in [3.8, 4) is 0 Å². The van der Waals surface area contributed by atoms with Gasteiger partial charge in [0.05, 0.1) is 36.0 Å². The number of carbonyl (C=O) groups is 2. The zero-order valence-corrected chi connectivity index (χ0v) is 19.6. The monoisotopic (exact) mass is 475 g/mol. The first kappa shape index (κ1) is 23.4. The van der Waals surface area contributed by atoms with Gasteiger partial charge >= 0.3 is 5.97 Å². The van der Waals surface area contributed by atoms with Crippen LogP contribution in [0.4, 0.5) is 15.1 Å². The van der Waals surface area contributed by atoms with Crippen LogP contribution in [0.1, 0.15) is 31.2 Å². The number of methoxy groups -OCH3 is 1. The smallest absolute Gasteiger partial charge is 0.341 e. The molecule has 0 aliphatic rings. The molecule has 0 fully saturated rings. The van der Waals surface area contributed by atoms with E-state index < -0.39 is 5.97 Å². The Bertz CT molecular complexity index is 1150. The van der Waals surface area contributed by atoms with Crippen LogP contribution >= 0.6 is 23.6 Å². The summed E-state index contributed by atoms with van der Waals surface area (Å²) in [6.45, 7) is 2.16. The summed E-state index contributed by atoms with van der Waals surface area (Å²) in [4.78, 5) is 26.6. The maximum absolute atomic E-state index is 13.1. The first-order chi connectivity index (χ1) is 15.2. The molecular formula is C21H22FN5O3S2. The molecule has 0 bridgehead atoms. The lowest BCUT2D eigenvalue weighted by Gasteiger charge is -2.09. The molecule has 0 unspecified atom stereocenters. The highest BCUT2D eigenvalue weighted by atomic mass is 32.1. The Morgan fingerprint density at radius 2 is 1.94 bits per heavy atom. The van der Waals surface area contributed by atoms with Crippen LogP contribution < -0.4 is 10.6 Å². The van der Waals surface area contributed by atoms with Crippen LogP contribution in [0.25, 0.3) is 0 Å². The Labute approximate surface area is 194 Å². The number of halogens is 1. The molecule has 0 saturated heterocycles. The van der Waals surface area contributed by atoms with E-state index in [2.05, 4.69) is 15.7 Å². The van der Waals surface area contributed by atoms with Gasteiger partial charge in [-0.05, 0) is 42.4 Å². The number of thiophene rings is 1. The van der Waals surface area contributed by atoms with Gasteiger partial charge in [0, 0.05) is 20.3 Å². The van der Waals surface area contributed by atoms with Crippen molar-refractivity contribution in [3.05, 3.63) is 64.0 Å². The predicted molar refractivity (Wildman–Crippen MR) is 126 cm³/mol. The van der Waals surface area contributed by atoms with Gasteiger partial charge in [-0.25, -0.2) is 9.18 Å². The number of anilines is 2. The summed E-state index contributed by atoms with van der Waals surface area (Å²) in [5.41, 5.74) is 2.32. The fourth-order valence-electron chi connectivity index (χ4n) is 2.91. The molecule has 2 heterocycles. The first-order valence-electron chi connectivity index (χ1n) is 9.47. The zero-order chi connectivity index (χ0) is 23.4. The summed E-state index contributed by atoms with van der Waals surface area (Å²) in [6, 6.07) is 6.18. The van der Waals surface area contributed by atoms with Crippen LogP contribution in [-0.4, -0.2) is 52.9 Å². The molecule has 168 valence electrons. The number of aromatic nitrogens is 2. The summed E-state index contributed by atoms with van der Waals surface area (Å²) in [5.74, 6) is -1.07. The molecule has 3 rings (SSSR count). The Kier molecular flexibility index (Phi) is 7.21. The highest BCUT2D eigenvalue weighted by Crippen LogP contribution is 2.34. The second-order valence-corrected chi connectivity index (χ2v) is 8.51. The molecular weight excluding hydrogens is 453 g/mol. The lowest BCUT2D eigenvalue weighted by atomic mass is 10.1. The SMILES string of the molecule is COC(=O)c1c(NC(=S)Nc2cnn(Cc3ccc(F)cc3)c2)sc(C(=O)N(C)C)c1C. The quantitative estimate of drug-likeness (QED) is 0.415. The van der Waals surface area contributed by atoms with Gasteiger partial charge in [-0.1, -0.05) is 12.1 Å². The first-order valence-corrected chi connectivity index (χ1v) is 10.7. The minimum Gasteiger partial charge on any atom is -0.465 e. The third kappa shape index (κ3) is 5.29. The predicted octanol–water partition coefficient (Wildman–Crippen LogP) is 3.74. The van der Waals surface area contributed by atoms with Crippen LogP contribution in [-0.2, 0) is 11.3 Å². The molecule has 0 atom stereocenters. The molecule has 3 aromatic rings. The third-order valence-electron chi connectivity index (χ3n) is 4.51. The van der Waals surface area contributed by atoms with Gasteiger partial charge in [0.25, 0.3) is 5.91 Å². The van der Waals surface area contributed by atoms with E-state index in [0.29, 0.717) is 27.7 Å². The minimum absolute atomic E-state index is 0.216. The van der Waals surface area contributed by atoms with E-state index in [1.165, 1.54) is 24.1 Å². The molecule has 0 aliphatic heterocycles. The molecule has 2 N–H and O–H groups in total. The number of benzene rings is 1. The number of thiocarbonyl (C=S) groups is 1. The van der Waals surface area contributed by atoms with Crippen LogP contribution in [0.2, 0.25) is 0 Å². The fourth-order valence-corrected chi connectivity index (χ4v) is 4.42. The van der Waals surface area contributed by atoms with E-state index in [-0.39, 0.29) is 22.4 Å². The number of hydrogen-bond donors (Lipinski definition) is 2. The average molecular weight is 476 g/mol. The molecule has 1 amide bonds. The Hall–Kier alpha value is -3.31. The van der Waals surface area contributed by atoms with E-state index in [9.17, 15) is 14.0 Å². The number of ether oxygens (including phenoxy) is 1. The summed E-state index contributed by atoms with van der Waals surface area (Å²) in [6.07, 6.45) is 3.35. The van der Waals surface area contributed by atoms with Crippen LogP contribution in [0.5, 0.6) is 0 Å². The van der Waals surface area contributed by atoms with Crippen molar-refractivity contribution in [1.29, 1.82) is 0 Å². The lowest BCUT2D eigenvalue weighted by molar-refractivity contribution is 0.0601. The van der Waals surface area contributed by atoms with Gasteiger partial charge in [-0.15, -0.1) is 11.3 Å². The van der Waals surface area contributed by atoms with Crippen LogP contribution in [0.15, 0.2) is 36.7 Å². The number of nitrogens with zero attached hydrogens (tertiary/aromatic N) is 3. The van der Waals surface area contributed by atoms with Crippen molar-refractivity contribution in [1.82, 2.24) is 14.7 Å². The molecule has 0 radical (unpaired) electrons. The van der Waals surface area contributed by atoms with Crippen molar-refractivity contribution in [2.75, 3.05) is 31.8 Å². The Balaban J connectivity index is 1.74. The van der Waals surface area contributed by atoms with Crippen molar-refractivity contribution in [2.45, 2.75) is 13.5 Å². The van der Waals surface area contributed by atoms with Gasteiger partial charge < -0.3 is 20.3 Å². The molecule has 11 heteroatoms. The fraction of sp³-hybridized carbons (Fsp3) is 0.238. The molecule has 0 aliphatic carbocycles. The van der Waals surface area contributed by atoms with Gasteiger partial charge in [-0.2, -0.15) is 5.10 Å². The molecule has 32 heavy (non-hydrogen) atoms. The molecule has 2 aromatic heterocycles. The summed E-state index contributed by atoms with van der Waals surface area (Å²) in [5, 5.41) is 10.9. The van der Waals surface area contributed by atoms with Crippen molar-refractivity contribution < 1.29 is 18.7 Å². The van der Waals surface area contributed by atoms with Crippen molar-refractivity contribution in [3.63, 3.8) is 0 Å². The second-order valence-electron chi connectivity index (χ2n) is 7.08. The number of hydrogen-bond acceptors (Lipinski definition) is 6. The lowest BCUT2D eigenvalue weighted by Crippen LogP contribution is -2.21. The van der Waals surface area contributed by atoms with Gasteiger partial charge in [0.2, 0.25) is 0 Å². The maximum Gasteiger partial charge on any atom is 0.341 e. The highest BCUT2D eigenvalue weighted by molar-refractivity contribution is 7.80. The van der Waals surface area contributed by atoms with Gasteiger partial charge in [-0.3, -0.25) is 9.48 Å². The highest BCUT2D eigenvalue weighted by Gasteiger charge is 2.26. The number of esters is 1. The number of amides is 1. The van der Waals surface area contributed by atoms with E-state index >= 15 is 0 Å². The average Bonchev–Trinajstić information content (AvgIpc) is 3.32. The third-order valence-corrected chi connectivity index (χ3v) is 5.91. The van der Waals surface area contributed by atoms with Crippen molar-refractivity contribution >= 4 is 51.2 Å². The van der Waals surface area contributed by atoms with Crippen LogP contribution in [0, 0.1) is 12.7 Å². The zero-order valence-electron chi connectivity index (χ0n) is 17.9. The molecule has 0 spiro atoms. The number of rotatable bonds is 6. The van der Waals surface area contributed by atoms with Crippen LogP contribution in [0.3, 0.4) is 0 Å². The van der Waals surface area contributed by atoms with Gasteiger partial charge in [0.1, 0.15) is 10.8 Å². The molecule has 0 saturated carbocycles. The van der Waals surface area contributed by atoms with E-state index in [1.807, 2.05) is 0 Å². The van der Waals surface area contributed by atoms with E-state index in [1.54, 1.807) is 50.2 Å². The standard InChI is InChI=1S/C21H22FN5O3S2/c1-12-16(20(29)30-4)18(32-17(12)19(28)26(2)3)25-21(31)24-15-9-23-27(11-15)10-13-5-7-14(22)8-6-13/h5-9,11H,10H2,1-4H3,(H2,24,25,31). The minimum atomic E-state index is -0.561. The topological polar surface area (TPSA) is 88.5 Å². The Morgan fingerprint density at radius 1 is 1.25 bits per heavy atom. The van der Waals surface area contributed by atoms with E-state index in [0.717, 1.165) is 16.9 Å². The second kappa shape index (κ2) is 9.88. The van der Waals surface area contributed by atoms with Gasteiger partial charge in [0.15, 0.2) is 5.11 Å². The Morgan fingerprint density at radius 3 is 2.56 bits per heavy atom. The summed E-state index contributed by atoms with van der Waals surface area (Å²) < 4.78 is 19.6. The molecule has 8 nitrogen and oxygen atoms in total. The molecule has 1 aromatic carbocycles. The van der Waals surface area contributed by atoms with Crippen molar-refractivity contribution in [2.24, 2.45) is 0 Å². The normalized spacial score (nSPS) is 10.5. The number of nitrogens with one attached hydrogen (secondary N) is 2.